The van der Waals surface area contributed by atoms with Crippen LogP contribution in [0.2, 0.25) is 0 Å². The van der Waals surface area contributed by atoms with Crippen LogP contribution >= 0.6 is 0 Å². The minimum Gasteiger partial charge on any atom is -0.507 e. The van der Waals surface area contributed by atoms with Gasteiger partial charge in [-0.1, -0.05) is 24.3 Å². The van der Waals surface area contributed by atoms with E-state index < -0.39 is 5.91 Å². The van der Waals surface area contributed by atoms with Gasteiger partial charge in [-0.3, -0.25) is 9.89 Å². The highest BCUT2D eigenvalue weighted by Crippen LogP contribution is 2.27. The van der Waals surface area contributed by atoms with Crippen molar-refractivity contribution >= 4 is 17.4 Å². The number of nitrogens with two attached hydrogens (primary N) is 1. The molecule has 1 saturated heterocycles. The number of hydrogen-bond acceptors (Lipinski definition) is 6. The molecule has 1 amide bonds. The van der Waals surface area contributed by atoms with E-state index in [2.05, 4.69) is 57.5 Å². The Morgan fingerprint density at radius 3 is 2.32 bits per heavy atom. The maximum Gasteiger partial charge on any atom is 0.254 e. The topological polar surface area (TPSA) is 111 Å². The first-order chi connectivity index (χ1) is 16.2. The molecule has 1 aromatic heterocycles. The predicted molar refractivity (Wildman–Crippen MR) is 136 cm³/mol. The Morgan fingerprint density at radius 2 is 1.71 bits per heavy atom. The monoisotopic (exact) mass is 462 g/mol. The maximum absolute atomic E-state index is 12.3. The lowest BCUT2D eigenvalue weighted by molar-refractivity contribution is 0.100. The van der Waals surface area contributed by atoms with Crippen LogP contribution in [0.3, 0.4) is 0 Å². The van der Waals surface area contributed by atoms with Gasteiger partial charge in [0.1, 0.15) is 11.3 Å². The van der Waals surface area contributed by atoms with Crippen LogP contribution in [0.25, 0.3) is 0 Å². The molecule has 3 aromatic rings. The number of phenolic OH excluding ortho intramolecular Hbond substituents is 1. The number of phenols is 1. The number of primary amides is 1. The van der Waals surface area contributed by atoms with Crippen molar-refractivity contribution < 1.29 is 9.90 Å². The van der Waals surface area contributed by atoms with Crippen LogP contribution in [-0.4, -0.2) is 59.3 Å². The van der Waals surface area contributed by atoms with Gasteiger partial charge in [-0.25, -0.2) is 0 Å². The average Bonchev–Trinajstić information content (AvgIpc) is 3.19. The van der Waals surface area contributed by atoms with Gasteiger partial charge in [0.05, 0.1) is 5.69 Å². The van der Waals surface area contributed by atoms with Crippen LogP contribution in [0.1, 0.15) is 43.9 Å². The van der Waals surface area contributed by atoms with Gasteiger partial charge < -0.3 is 26.0 Å². The van der Waals surface area contributed by atoms with Crippen molar-refractivity contribution in [3.05, 3.63) is 69.4 Å². The third-order valence-corrected chi connectivity index (χ3v) is 6.58. The number of aromatic nitrogens is 2. The fourth-order valence-corrected chi connectivity index (χ4v) is 4.67. The fourth-order valence-electron chi connectivity index (χ4n) is 4.67. The molecular formula is C26H34N6O2. The van der Waals surface area contributed by atoms with Crippen LogP contribution in [0.15, 0.2) is 30.3 Å². The number of aryl methyl sites for hydroxylation is 3. The molecular weight excluding hydrogens is 428 g/mol. The lowest BCUT2D eigenvalue weighted by Crippen LogP contribution is -2.44. The van der Waals surface area contributed by atoms with Crippen molar-refractivity contribution in [1.29, 1.82) is 0 Å². The number of anilines is 2. The van der Waals surface area contributed by atoms with E-state index in [-0.39, 0.29) is 0 Å². The highest BCUT2D eigenvalue weighted by atomic mass is 16.3. The van der Waals surface area contributed by atoms with Crippen molar-refractivity contribution in [2.45, 2.75) is 33.7 Å². The number of aromatic amines is 1. The Morgan fingerprint density at radius 1 is 1.06 bits per heavy atom. The second-order valence-corrected chi connectivity index (χ2v) is 9.31. The third kappa shape index (κ3) is 5.02. The molecule has 2 aromatic carbocycles. The summed E-state index contributed by atoms with van der Waals surface area (Å²) in [6.07, 6.45) is 0.536. The number of hydrogen-bond donors (Lipinski definition) is 4. The van der Waals surface area contributed by atoms with E-state index in [9.17, 15) is 9.90 Å². The third-order valence-electron chi connectivity index (χ3n) is 6.58. The number of rotatable bonds is 7. The minimum absolute atomic E-state index is 0.303. The van der Waals surface area contributed by atoms with Crippen LogP contribution in [0.4, 0.5) is 11.5 Å². The van der Waals surface area contributed by atoms with E-state index in [1.807, 2.05) is 26.0 Å². The molecule has 1 aliphatic heterocycles. The summed E-state index contributed by atoms with van der Waals surface area (Å²) < 4.78 is 0. The van der Waals surface area contributed by atoms with Gasteiger partial charge in [-0.05, 0) is 61.7 Å². The Balaban J connectivity index is 1.50. The second-order valence-electron chi connectivity index (χ2n) is 9.31. The summed E-state index contributed by atoms with van der Waals surface area (Å²) in [7, 11) is 2.16. The second kappa shape index (κ2) is 9.77. The molecule has 5 N–H and O–H groups in total. The minimum atomic E-state index is -0.518. The Hall–Kier alpha value is -3.52. The number of amides is 1. The van der Waals surface area contributed by atoms with Gasteiger partial charge in [0, 0.05) is 44.8 Å². The largest absolute Gasteiger partial charge is 0.507 e. The SMILES string of the molecule is Cc1cc(Cc2[nH]nc(NCc3cc(C)c(O)c(C)c3)c2C(N)=O)ccc1N1CCN(C)CC1. The molecule has 4 rings (SSSR count). The van der Waals surface area contributed by atoms with Crippen LogP contribution in [-0.2, 0) is 13.0 Å². The van der Waals surface area contributed by atoms with E-state index in [1.54, 1.807) is 0 Å². The Bertz CT molecular complexity index is 1170. The van der Waals surface area contributed by atoms with E-state index >= 15 is 0 Å². The smallest absolute Gasteiger partial charge is 0.254 e. The Labute approximate surface area is 200 Å². The molecule has 0 unspecified atom stereocenters. The van der Waals surface area contributed by atoms with Crippen molar-refractivity contribution in [3.63, 3.8) is 0 Å². The Kier molecular flexibility index (Phi) is 6.79. The zero-order chi connectivity index (χ0) is 24.4. The quantitative estimate of drug-likeness (QED) is 0.430. The standard InChI is InChI=1S/C26H34N6O2/c1-16-11-19(5-6-22(16)32-9-7-31(4)8-10-32)14-21-23(25(27)34)26(30-29-21)28-15-20-12-17(2)24(33)18(3)13-20/h5-6,11-13,33H,7-10,14-15H2,1-4H3,(H2,27,34)(H2,28,29,30). The van der Waals surface area contributed by atoms with E-state index in [1.165, 1.54) is 11.3 Å². The molecule has 0 radical (unpaired) electrons. The van der Waals surface area contributed by atoms with E-state index in [0.29, 0.717) is 35.8 Å². The number of benzene rings is 2. The van der Waals surface area contributed by atoms with Crippen molar-refractivity contribution in [3.8, 4) is 5.75 Å². The summed E-state index contributed by atoms with van der Waals surface area (Å²) in [4.78, 5) is 17.1. The summed E-state index contributed by atoms with van der Waals surface area (Å²) in [5.74, 6) is 0.226. The first kappa shape index (κ1) is 23.6. The van der Waals surface area contributed by atoms with E-state index in [4.69, 9.17) is 5.73 Å². The van der Waals surface area contributed by atoms with Crippen molar-refractivity contribution in [2.24, 2.45) is 5.73 Å². The molecule has 8 heteroatoms. The summed E-state index contributed by atoms with van der Waals surface area (Å²) in [5.41, 5.74) is 13.0. The zero-order valence-corrected chi connectivity index (χ0v) is 20.4. The maximum atomic E-state index is 12.3. The number of H-pyrrole nitrogens is 1. The number of likely N-dealkylation sites (N-methyl/N-ethyl adjacent to an activating group) is 1. The fraction of sp³-hybridized carbons (Fsp3) is 0.385. The highest BCUT2D eigenvalue weighted by molar-refractivity contribution is 5.99. The molecule has 8 nitrogen and oxygen atoms in total. The van der Waals surface area contributed by atoms with Gasteiger partial charge in [-0.2, -0.15) is 5.10 Å². The van der Waals surface area contributed by atoms with Gasteiger partial charge in [0.25, 0.3) is 5.91 Å². The highest BCUT2D eigenvalue weighted by Gasteiger charge is 2.20. The zero-order valence-electron chi connectivity index (χ0n) is 20.4. The number of carbonyl (C=O) groups is 1. The van der Waals surface area contributed by atoms with Gasteiger partial charge >= 0.3 is 0 Å². The lowest BCUT2D eigenvalue weighted by atomic mass is 10.0. The molecule has 0 bridgehead atoms. The summed E-state index contributed by atoms with van der Waals surface area (Å²) in [6, 6.07) is 10.3. The normalized spacial score (nSPS) is 14.4. The molecule has 180 valence electrons. The number of nitrogens with one attached hydrogen (secondary N) is 2. The van der Waals surface area contributed by atoms with Crippen molar-refractivity contribution in [2.75, 3.05) is 43.4 Å². The summed E-state index contributed by atoms with van der Waals surface area (Å²) >= 11 is 0. The molecule has 0 aliphatic carbocycles. The first-order valence-electron chi connectivity index (χ1n) is 11.7. The molecule has 1 aliphatic rings. The molecule has 0 saturated carbocycles. The number of nitrogens with zero attached hydrogens (tertiary/aromatic N) is 3. The van der Waals surface area contributed by atoms with Crippen molar-refractivity contribution in [1.82, 2.24) is 15.1 Å². The summed E-state index contributed by atoms with van der Waals surface area (Å²) in [5, 5.41) is 20.6. The molecule has 0 spiro atoms. The molecule has 34 heavy (non-hydrogen) atoms. The van der Waals surface area contributed by atoms with Crippen LogP contribution in [0.5, 0.6) is 5.75 Å². The summed E-state index contributed by atoms with van der Waals surface area (Å²) in [6.45, 7) is 10.5. The molecule has 2 heterocycles. The van der Waals surface area contributed by atoms with Gasteiger partial charge in [0.15, 0.2) is 5.82 Å². The molecule has 0 atom stereocenters. The van der Waals surface area contributed by atoms with Gasteiger partial charge in [0.2, 0.25) is 0 Å². The number of carbonyl (C=O) groups excluding carboxylic acids is 1. The number of aromatic hydroxyl groups is 1. The predicted octanol–water partition coefficient (Wildman–Crippen LogP) is 3.09. The number of piperazine rings is 1. The van der Waals surface area contributed by atoms with E-state index in [0.717, 1.165) is 48.4 Å². The van der Waals surface area contributed by atoms with Crippen LogP contribution < -0.4 is 16.0 Å². The lowest BCUT2D eigenvalue weighted by Gasteiger charge is -2.35. The average molecular weight is 463 g/mol. The first-order valence-corrected chi connectivity index (χ1v) is 11.7. The van der Waals surface area contributed by atoms with Crippen LogP contribution in [0, 0.1) is 20.8 Å². The molecule has 1 fully saturated rings. The van der Waals surface area contributed by atoms with Gasteiger partial charge in [-0.15, -0.1) is 0 Å².